The van der Waals surface area contributed by atoms with E-state index in [0.29, 0.717) is 5.75 Å². The van der Waals surface area contributed by atoms with Crippen molar-refractivity contribution in [2.24, 2.45) is 0 Å². The minimum absolute atomic E-state index is 0.445. The lowest BCUT2D eigenvalue weighted by molar-refractivity contribution is 1.26. The number of imidazole rings is 1. The third kappa shape index (κ3) is 1.51. The van der Waals surface area contributed by atoms with E-state index in [1.807, 2.05) is 28.2 Å². The number of hydrogen-bond acceptors (Lipinski definition) is 3. The summed E-state index contributed by atoms with van der Waals surface area (Å²) in [5.41, 5.74) is 2.02. The van der Waals surface area contributed by atoms with Gasteiger partial charge in [0.1, 0.15) is 12.1 Å². The van der Waals surface area contributed by atoms with Gasteiger partial charge in [-0.25, -0.2) is 4.98 Å². The Morgan fingerprint density at radius 1 is 1.46 bits per heavy atom. The summed E-state index contributed by atoms with van der Waals surface area (Å²) in [5.74, 6) is 0.445. The molecule has 4 heteroatoms. The maximum absolute atomic E-state index is 8.43. The summed E-state index contributed by atoms with van der Waals surface area (Å²) >= 11 is 1.45. The summed E-state index contributed by atoms with van der Waals surface area (Å²) in [5, 5.41) is 8.43. The van der Waals surface area contributed by atoms with Crippen molar-refractivity contribution in [1.29, 1.82) is 5.26 Å². The van der Waals surface area contributed by atoms with Crippen molar-refractivity contribution in [3.63, 3.8) is 0 Å². The Labute approximate surface area is 80.1 Å². The first-order valence-corrected chi connectivity index (χ1v) is 4.78. The molecule has 0 unspecified atom stereocenters. The first kappa shape index (κ1) is 8.14. The highest BCUT2D eigenvalue weighted by atomic mass is 32.2. The number of para-hydroxylation sites is 2. The number of benzene rings is 1. The van der Waals surface area contributed by atoms with Crippen LogP contribution < -0.4 is 0 Å². The van der Waals surface area contributed by atoms with E-state index in [4.69, 9.17) is 5.26 Å². The van der Waals surface area contributed by atoms with Crippen molar-refractivity contribution < 1.29 is 0 Å². The third-order valence-corrected chi connectivity index (χ3v) is 2.52. The van der Waals surface area contributed by atoms with E-state index in [2.05, 4.69) is 11.1 Å². The zero-order valence-corrected chi connectivity index (χ0v) is 7.66. The van der Waals surface area contributed by atoms with Crippen LogP contribution in [-0.4, -0.2) is 14.7 Å². The van der Waals surface area contributed by atoms with Crippen LogP contribution in [0.4, 0.5) is 0 Å². The number of nitrogens with zero attached hydrogens (tertiary/aromatic N) is 3. The van der Waals surface area contributed by atoms with Gasteiger partial charge in [0.2, 0.25) is 0 Å². The topological polar surface area (TPSA) is 41.6 Å². The van der Waals surface area contributed by atoms with E-state index in [0.717, 1.165) is 11.0 Å². The van der Waals surface area contributed by atoms with Crippen molar-refractivity contribution in [2.45, 2.75) is 0 Å². The van der Waals surface area contributed by atoms with Crippen LogP contribution in [0, 0.1) is 11.3 Å². The monoisotopic (exact) mass is 189 g/mol. The van der Waals surface area contributed by atoms with Crippen LogP contribution in [0.15, 0.2) is 30.6 Å². The molecule has 0 atom stereocenters. The molecule has 0 saturated heterocycles. The Morgan fingerprint density at radius 3 is 3.15 bits per heavy atom. The minimum atomic E-state index is 0.445. The first-order valence-electron chi connectivity index (χ1n) is 3.84. The van der Waals surface area contributed by atoms with Gasteiger partial charge in [-0.1, -0.05) is 12.1 Å². The van der Waals surface area contributed by atoms with Crippen LogP contribution >= 0.6 is 11.9 Å². The zero-order chi connectivity index (χ0) is 9.10. The molecule has 0 radical (unpaired) electrons. The van der Waals surface area contributed by atoms with E-state index >= 15 is 0 Å². The van der Waals surface area contributed by atoms with E-state index in [1.165, 1.54) is 11.9 Å². The van der Waals surface area contributed by atoms with Gasteiger partial charge in [0, 0.05) is 0 Å². The highest BCUT2D eigenvalue weighted by molar-refractivity contribution is 7.98. The van der Waals surface area contributed by atoms with Gasteiger partial charge < -0.3 is 0 Å². The van der Waals surface area contributed by atoms with Gasteiger partial charge in [-0.05, 0) is 24.1 Å². The molecule has 1 aromatic carbocycles. The van der Waals surface area contributed by atoms with Crippen LogP contribution in [0.3, 0.4) is 0 Å². The molecule has 0 fully saturated rings. The highest BCUT2D eigenvalue weighted by Gasteiger charge is 2.00. The van der Waals surface area contributed by atoms with Crippen molar-refractivity contribution in [2.75, 3.05) is 5.75 Å². The molecular weight excluding hydrogens is 182 g/mol. The van der Waals surface area contributed by atoms with E-state index < -0.39 is 0 Å². The fourth-order valence-corrected chi connectivity index (χ4v) is 1.74. The Morgan fingerprint density at radius 2 is 2.31 bits per heavy atom. The van der Waals surface area contributed by atoms with Gasteiger partial charge >= 0.3 is 0 Å². The lowest BCUT2D eigenvalue weighted by Crippen LogP contribution is -1.84. The number of fused-ring (bicyclic) bond motifs is 1. The van der Waals surface area contributed by atoms with Crippen molar-refractivity contribution in [1.82, 2.24) is 8.96 Å². The maximum atomic E-state index is 8.43. The molecule has 0 amide bonds. The lowest BCUT2D eigenvalue weighted by Gasteiger charge is -1.97. The third-order valence-electron chi connectivity index (χ3n) is 1.69. The zero-order valence-electron chi connectivity index (χ0n) is 6.84. The van der Waals surface area contributed by atoms with Gasteiger partial charge in [0.15, 0.2) is 0 Å². The van der Waals surface area contributed by atoms with Gasteiger partial charge in [-0.15, -0.1) is 0 Å². The summed E-state index contributed by atoms with van der Waals surface area (Å²) < 4.78 is 1.92. The molecule has 0 saturated carbocycles. The molecule has 13 heavy (non-hydrogen) atoms. The Hall–Kier alpha value is -1.47. The average molecular weight is 189 g/mol. The molecule has 0 aliphatic carbocycles. The summed E-state index contributed by atoms with van der Waals surface area (Å²) in [6, 6.07) is 9.95. The second-order valence-corrected chi connectivity index (χ2v) is 3.43. The molecule has 64 valence electrons. The van der Waals surface area contributed by atoms with Crippen molar-refractivity contribution in [3.05, 3.63) is 30.6 Å². The molecule has 3 nitrogen and oxygen atoms in total. The van der Waals surface area contributed by atoms with Crippen LogP contribution in [0.25, 0.3) is 11.0 Å². The summed E-state index contributed by atoms with van der Waals surface area (Å²) in [6.07, 6.45) is 1.74. The predicted octanol–water partition coefficient (Wildman–Crippen LogP) is 2.06. The number of rotatable bonds is 2. The first-order chi connectivity index (χ1) is 6.42. The van der Waals surface area contributed by atoms with Gasteiger partial charge in [0.05, 0.1) is 17.1 Å². The van der Waals surface area contributed by atoms with Crippen molar-refractivity contribution in [3.8, 4) is 6.07 Å². The van der Waals surface area contributed by atoms with E-state index in [1.54, 1.807) is 6.33 Å². The summed E-state index contributed by atoms with van der Waals surface area (Å²) in [6.45, 7) is 0. The Bertz CT molecular complexity index is 455. The SMILES string of the molecule is N#CCSn1cnc2ccccc21. The lowest BCUT2D eigenvalue weighted by atomic mass is 10.3. The second kappa shape index (κ2) is 3.50. The van der Waals surface area contributed by atoms with Crippen LogP contribution in [0.5, 0.6) is 0 Å². The standard InChI is InChI=1S/C9H7N3S/c10-5-6-13-12-7-11-8-3-1-2-4-9(8)12/h1-4,7H,6H2. The molecule has 1 aromatic heterocycles. The number of aromatic nitrogens is 2. The van der Waals surface area contributed by atoms with Crippen molar-refractivity contribution >= 4 is 23.0 Å². The molecular formula is C9H7N3S. The summed E-state index contributed by atoms with van der Waals surface area (Å²) in [7, 11) is 0. The Kier molecular flexibility index (Phi) is 2.19. The molecule has 0 aliphatic heterocycles. The Balaban J connectivity index is 2.41. The highest BCUT2D eigenvalue weighted by Crippen LogP contribution is 2.17. The summed E-state index contributed by atoms with van der Waals surface area (Å²) in [4.78, 5) is 4.20. The molecule has 0 bridgehead atoms. The second-order valence-electron chi connectivity index (χ2n) is 2.49. The maximum Gasteiger partial charge on any atom is 0.106 e. The van der Waals surface area contributed by atoms with Crippen LogP contribution in [0.1, 0.15) is 0 Å². The van der Waals surface area contributed by atoms with E-state index in [-0.39, 0.29) is 0 Å². The minimum Gasteiger partial charge on any atom is -0.271 e. The molecule has 0 aliphatic rings. The van der Waals surface area contributed by atoms with Crippen LogP contribution in [0.2, 0.25) is 0 Å². The average Bonchev–Trinajstić information content (AvgIpc) is 2.58. The molecule has 2 rings (SSSR count). The van der Waals surface area contributed by atoms with Gasteiger partial charge in [-0.2, -0.15) is 5.26 Å². The molecule has 0 spiro atoms. The predicted molar refractivity (Wildman–Crippen MR) is 53.2 cm³/mol. The molecule has 1 heterocycles. The van der Waals surface area contributed by atoms with E-state index in [9.17, 15) is 0 Å². The largest absolute Gasteiger partial charge is 0.271 e. The smallest absolute Gasteiger partial charge is 0.106 e. The number of nitriles is 1. The molecule has 2 aromatic rings. The van der Waals surface area contributed by atoms with Crippen LogP contribution in [-0.2, 0) is 0 Å². The van der Waals surface area contributed by atoms with Gasteiger partial charge in [0.25, 0.3) is 0 Å². The fourth-order valence-electron chi connectivity index (χ4n) is 1.14. The quantitative estimate of drug-likeness (QED) is 0.726. The molecule has 0 N–H and O–H groups in total. The fraction of sp³-hybridized carbons (Fsp3) is 0.111. The van der Waals surface area contributed by atoms with Gasteiger partial charge in [-0.3, -0.25) is 3.97 Å². The number of hydrogen-bond donors (Lipinski definition) is 0. The normalized spacial score (nSPS) is 10.1.